The molecule has 0 bridgehead atoms. The number of carboxylic acid groups (broad SMARTS) is 1. The molecule has 190 valence electrons. The lowest BCUT2D eigenvalue weighted by atomic mass is 10.0. The van der Waals surface area contributed by atoms with E-state index in [-0.39, 0.29) is 6.42 Å². The van der Waals surface area contributed by atoms with Crippen molar-refractivity contribution in [3.05, 3.63) is 53.1 Å². The van der Waals surface area contributed by atoms with Gasteiger partial charge < -0.3 is 15.3 Å². The predicted molar refractivity (Wildman–Crippen MR) is 149 cm³/mol. The minimum Gasteiger partial charge on any atom is -0.481 e. The summed E-state index contributed by atoms with van der Waals surface area (Å²) in [5.74, 6) is 0.292. The van der Waals surface area contributed by atoms with Crippen LogP contribution in [-0.2, 0) is 11.2 Å². The number of hydrogen-bond donors (Lipinski definition) is 2. The van der Waals surface area contributed by atoms with Gasteiger partial charge in [0.05, 0.1) is 11.4 Å². The summed E-state index contributed by atoms with van der Waals surface area (Å²) in [6.07, 6.45) is 6.64. The SMILES string of the molecule is C1CCC1.CC.CC(C)CN(CC(C)C)c1ccc(CCC(=O)O)cc1Nc1ccc(Cl)cc1. The lowest BCUT2D eigenvalue weighted by Gasteiger charge is -2.31. The minimum atomic E-state index is -0.780. The number of nitrogens with zero attached hydrogens (tertiary/aromatic N) is 1. The van der Waals surface area contributed by atoms with Crippen molar-refractivity contribution in [2.75, 3.05) is 23.3 Å². The molecule has 0 aromatic heterocycles. The molecule has 3 rings (SSSR count). The van der Waals surface area contributed by atoms with Crippen LogP contribution in [0.1, 0.15) is 79.2 Å². The van der Waals surface area contributed by atoms with E-state index in [9.17, 15) is 4.79 Å². The minimum absolute atomic E-state index is 0.126. The highest BCUT2D eigenvalue weighted by molar-refractivity contribution is 6.30. The van der Waals surface area contributed by atoms with Crippen molar-refractivity contribution in [2.45, 2.75) is 80.1 Å². The van der Waals surface area contributed by atoms with Gasteiger partial charge in [-0.3, -0.25) is 4.79 Å². The zero-order valence-corrected chi connectivity index (χ0v) is 22.8. The van der Waals surface area contributed by atoms with Gasteiger partial charge in [0.25, 0.3) is 0 Å². The van der Waals surface area contributed by atoms with Crippen LogP contribution in [-0.4, -0.2) is 24.2 Å². The summed E-state index contributed by atoms with van der Waals surface area (Å²) in [4.78, 5) is 13.4. The Bertz CT molecular complexity index is 817. The number of anilines is 3. The molecule has 5 heteroatoms. The van der Waals surface area contributed by atoms with E-state index < -0.39 is 5.97 Å². The zero-order chi connectivity index (χ0) is 25.5. The number of halogens is 1. The molecule has 0 spiro atoms. The molecule has 1 aliphatic rings. The van der Waals surface area contributed by atoms with E-state index in [0.29, 0.717) is 23.3 Å². The van der Waals surface area contributed by atoms with Gasteiger partial charge >= 0.3 is 5.97 Å². The van der Waals surface area contributed by atoms with Gasteiger partial charge in [-0.15, -0.1) is 0 Å². The van der Waals surface area contributed by atoms with Crippen molar-refractivity contribution >= 4 is 34.6 Å². The average molecular weight is 489 g/mol. The number of hydrogen-bond acceptors (Lipinski definition) is 3. The highest BCUT2D eigenvalue weighted by Crippen LogP contribution is 2.32. The molecule has 0 saturated heterocycles. The van der Waals surface area contributed by atoms with Crippen molar-refractivity contribution in [3.63, 3.8) is 0 Å². The fourth-order valence-corrected chi connectivity index (χ4v) is 3.58. The lowest BCUT2D eigenvalue weighted by molar-refractivity contribution is -0.136. The smallest absolute Gasteiger partial charge is 0.303 e. The highest BCUT2D eigenvalue weighted by atomic mass is 35.5. The molecule has 2 aromatic carbocycles. The Labute approximate surface area is 212 Å². The largest absolute Gasteiger partial charge is 0.481 e. The van der Waals surface area contributed by atoms with Crippen molar-refractivity contribution in [1.82, 2.24) is 0 Å². The topological polar surface area (TPSA) is 52.6 Å². The second-order valence-electron chi connectivity index (χ2n) is 9.48. The van der Waals surface area contributed by atoms with Gasteiger partial charge in [-0.05, 0) is 60.2 Å². The Hall–Kier alpha value is -2.20. The third kappa shape index (κ3) is 11.8. The molecular weight excluding hydrogens is 444 g/mol. The Morgan fingerprint density at radius 3 is 1.91 bits per heavy atom. The van der Waals surface area contributed by atoms with Gasteiger partial charge in [-0.25, -0.2) is 0 Å². The van der Waals surface area contributed by atoms with Gasteiger partial charge in [-0.2, -0.15) is 0 Å². The van der Waals surface area contributed by atoms with Crippen LogP contribution in [0.3, 0.4) is 0 Å². The van der Waals surface area contributed by atoms with Gasteiger partial charge in [0.1, 0.15) is 0 Å². The first kappa shape index (κ1) is 29.8. The van der Waals surface area contributed by atoms with Crippen LogP contribution in [0.4, 0.5) is 17.1 Å². The molecule has 0 radical (unpaired) electrons. The van der Waals surface area contributed by atoms with Gasteiger partial charge in [0, 0.05) is 30.2 Å². The summed E-state index contributed by atoms with van der Waals surface area (Å²) < 4.78 is 0. The molecule has 0 aliphatic heterocycles. The molecule has 2 N–H and O–H groups in total. The Morgan fingerprint density at radius 1 is 0.941 bits per heavy atom. The second kappa shape index (κ2) is 16.4. The van der Waals surface area contributed by atoms with Crippen molar-refractivity contribution in [3.8, 4) is 0 Å². The van der Waals surface area contributed by atoms with E-state index in [1.165, 1.54) is 25.7 Å². The Kier molecular flexibility index (Phi) is 14.4. The van der Waals surface area contributed by atoms with Gasteiger partial charge in [-0.1, -0.05) is 84.9 Å². The number of carbonyl (C=O) groups is 1. The first-order valence-corrected chi connectivity index (χ1v) is 13.2. The summed E-state index contributed by atoms with van der Waals surface area (Å²) >= 11 is 6.02. The Balaban J connectivity index is 0.000000850. The lowest BCUT2D eigenvalue weighted by Crippen LogP contribution is -2.31. The van der Waals surface area contributed by atoms with Crippen LogP contribution >= 0.6 is 11.6 Å². The summed E-state index contributed by atoms with van der Waals surface area (Å²) in [5.41, 5.74) is 4.09. The average Bonchev–Trinajstić information content (AvgIpc) is 2.73. The van der Waals surface area contributed by atoms with Crippen LogP contribution in [0.15, 0.2) is 42.5 Å². The predicted octanol–water partition coefficient (Wildman–Crippen LogP) is 8.81. The third-order valence-corrected chi connectivity index (χ3v) is 5.58. The fraction of sp³-hybridized carbons (Fsp3) is 0.552. The molecule has 1 aliphatic carbocycles. The summed E-state index contributed by atoms with van der Waals surface area (Å²) in [6.45, 7) is 14.8. The second-order valence-corrected chi connectivity index (χ2v) is 9.92. The normalized spacial score (nSPS) is 12.1. The molecule has 2 aromatic rings. The van der Waals surface area contributed by atoms with Gasteiger partial charge in [0.15, 0.2) is 0 Å². The zero-order valence-electron chi connectivity index (χ0n) is 22.0. The maximum Gasteiger partial charge on any atom is 0.303 e. The number of rotatable bonds is 10. The molecular formula is C29H45ClN2O2. The molecule has 1 fully saturated rings. The number of benzene rings is 2. The molecule has 0 heterocycles. The first-order chi connectivity index (χ1) is 16.2. The van der Waals surface area contributed by atoms with Crippen molar-refractivity contribution in [2.24, 2.45) is 11.8 Å². The van der Waals surface area contributed by atoms with Gasteiger partial charge in [0.2, 0.25) is 0 Å². The fourth-order valence-electron chi connectivity index (χ4n) is 3.46. The quantitative estimate of drug-likeness (QED) is 0.350. The van der Waals surface area contributed by atoms with Crippen molar-refractivity contribution < 1.29 is 9.90 Å². The molecule has 34 heavy (non-hydrogen) atoms. The van der Waals surface area contributed by atoms with Crippen LogP contribution in [0.5, 0.6) is 0 Å². The maximum atomic E-state index is 11.0. The monoisotopic (exact) mass is 488 g/mol. The van der Waals surface area contributed by atoms with Crippen molar-refractivity contribution in [1.29, 1.82) is 0 Å². The van der Waals surface area contributed by atoms with Crippen LogP contribution in [0.25, 0.3) is 0 Å². The molecule has 0 atom stereocenters. The highest BCUT2D eigenvalue weighted by Gasteiger charge is 2.16. The van der Waals surface area contributed by atoms with E-state index in [2.05, 4.69) is 50.0 Å². The first-order valence-electron chi connectivity index (χ1n) is 12.9. The number of aliphatic carboxylic acids is 1. The van der Waals surface area contributed by atoms with E-state index >= 15 is 0 Å². The number of nitrogens with one attached hydrogen (secondary N) is 1. The van der Waals surface area contributed by atoms with E-state index in [0.717, 1.165) is 35.7 Å². The number of carboxylic acids is 1. The summed E-state index contributed by atoms with van der Waals surface area (Å²) in [6, 6.07) is 13.8. The summed E-state index contributed by atoms with van der Waals surface area (Å²) in [7, 11) is 0. The number of aryl methyl sites for hydroxylation is 1. The van der Waals surface area contributed by atoms with E-state index in [4.69, 9.17) is 16.7 Å². The standard InChI is InChI=1S/C23H31ClN2O2.C4H8.C2H6/c1-16(2)14-26(15-17(3)4)22-11-5-18(6-12-23(27)28)13-21(22)25-20-9-7-19(24)8-10-20;1-2-4-3-1;1-2/h5,7-11,13,16-17,25H,6,12,14-15H2,1-4H3,(H,27,28);1-4H2;1-2H3. The molecule has 0 amide bonds. The molecule has 1 saturated carbocycles. The van der Waals surface area contributed by atoms with Crippen LogP contribution < -0.4 is 10.2 Å². The van der Waals surface area contributed by atoms with E-state index in [1.54, 1.807) is 0 Å². The molecule has 4 nitrogen and oxygen atoms in total. The van der Waals surface area contributed by atoms with E-state index in [1.807, 2.05) is 44.2 Å². The molecule has 0 unspecified atom stereocenters. The summed E-state index contributed by atoms with van der Waals surface area (Å²) in [5, 5.41) is 13.2. The van der Waals surface area contributed by atoms with Crippen LogP contribution in [0, 0.1) is 11.8 Å². The van der Waals surface area contributed by atoms with Crippen LogP contribution in [0.2, 0.25) is 5.02 Å². The maximum absolute atomic E-state index is 11.0. The third-order valence-electron chi connectivity index (χ3n) is 5.32. The Morgan fingerprint density at radius 2 is 1.47 bits per heavy atom.